The Labute approximate surface area is 169 Å². The minimum Gasteiger partial charge on any atom is -0.460 e. The summed E-state index contributed by atoms with van der Waals surface area (Å²) < 4.78 is 10.5. The van der Waals surface area contributed by atoms with Gasteiger partial charge in [0.15, 0.2) is 0 Å². The van der Waals surface area contributed by atoms with Crippen molar-refractivity contribution in [2.24, 2.45) is 0 Å². The number of amides is 2. The molecule has 1 aliphatic heterocycles. The van der Waals surface area contributed by atoms with E-state index < -0.39 is 18.1 Å². The first kappa shape index (κ1) is 20.4. The molecule has 0 aliphatic carbocycles. The number of hydrogen-bond donors (Lipinski definition) is 1. The minimum atomic E-state index is -0.639. The predicted octanol–water partition coefficient (Wildman–Crippen LogP) is 2.65. The van der Waals surface area contributed by atoms with Crippen LogP contribution in [-0.4, -0.2) is 42.0 Å². The number of carbonyl (C=O) groups excluding carboxylic acids is 3. The molecule has 0 spiro atoms. The Morgan fingerprint density at radius 2 is 1.48 bits per heavy atom. The van der Waals surface area contributed by atoms with E-state index in [4.69, 9.17) is 9.47 Å². The summed E-state index contributed by atoms with van der Waals surface area (Å²) in [6, 6.07) is 18.0. The predicted molar refractivity (Wildman–Crippen MR) is 106 cm³/mol. The lowest BCUT2D eigenvalue weighted by Gasteiger charge is -2.23. The number of nitrogens with zero attached hydrogens (tertiary/aromatic N) is 1. The molecule has 1 saturated heterocycles. The summed E-state index contributed by atoms with van der Waals surface area (Å²) in [5.41, 5.74) is 1.75. The molecule has 1 fully saturated rings. The van der Waals surface area contributed by atoms with Crippen molar-refractivity contribution in [2.75, 3.05) is 13.1 Å². The molecule has 29 heavy (non-hydrogen) atoms. The van der Waals surface area contributed by atoms with Crippen LogP contribution < -0.4 is 5.32 Å². The molecular weight excluding hydrogens is 372 g/mol. The maximum atomic E-state index is 12.4. The lowest BCUT2D eigenvalue weighted by Crippen LogP contribution is -2.47. The van der Waals surface area contributed by atoms with E-state index in [0.717, 1.165) is 11.1 Å². The molecule has 0 aromatic heterocycles. The van der Waals surface area contributed by atoms with Gasteiger partial charge in [-0.15, -0.1) is 0 Å². The molecule has 1 heterocycles. The van der Waals surface area contributed by atoms with Gasteiger partial charge in [0.05, 0.1) is 0 Å². The average Bonchev–Trinajstić information content (AvgIpc) is 3.26. The van der Waals surface area contributed by atoms with E-state index in [-0.39, 0.29) is 25.7 Å². The van der Waals surface area contributed by atoms with Crippen LogP contribution in [0.2, 0.25) is 0 Å². The van der Waals surface area contributed by atoms with Crippen LogP contribution >= 0.6 is 0 Å². The lowest BCUT2D eigenvalue weighted by molar-refractivity contribution is -0.145. The maximum absolute atomic E-state index is 12.4. The van der Waals surface area contributed by atoms with E-state index in [1.807, 2.05) is 60.7 Å². The van der Waals surface area contributed by atoms with Gasteiger partial charge < -0.3 is 14.8 Å². The van der Waals surface area contributed by atoms with Crippen molar-refractivity contribution in [3.8, 4) is 0 Å². The van der Waals surface area contributed by atoms with Crippen LogP contribution in [-0.2, 0) is 32.3 Å². The van der Waals surface area contributed by atoms with E-state index in [1.165, 1.54) is 4.90 Å². The smallest absolute Gasteiger partial charge is 0.410 e. The van der Waals surface area contributed by atoms with Gasteiger partial charge in [-0.3, -0.25) is 14.5 Å². The highest BCUT2D eigenvalue weighted by atomic mass is 16.6. The molecule has 1 atom stereocenters. The second-order valence-corrected chi connectivity index (χ2v) is 6.76. The summed E-state index contributed by atoms with van der Waals surface area (Å²) in [6.45, 7) is 0.506. The van der Waals surface area contributed by atoms with Gasteiger partial charge in [0.1, 0.15) is 25.8 Å². The third-order valence-corrected chi connectivity index (χ3v) is 4.64. The number of nitrogens with one attached hydrogen (secondary N) is 1. The Morgan fingerprint density at radius 3 is 2.10 bits per heavy atom. The van der Waals surface area contributed by atoms with E-state index in [1.54, 1.807) is 0 Å². The Hall–Kier alpha value is -3.35. The molecule has 2 aromatic rings. The first-order valence-electron chi connectivity index (χ1n) is 9.58. The van der Waals surface area contributed by atoms with E-state index in [0.29, 0.717) is 19.4 Å². The van der Waals surface area contributed by atoms with Crippen molar-refractivity contribution in [1.82, 2.24) is 10.2 Å². The molecule has 3 rings (SSSR count). The van der Waals surface area contributed by atoms with Crippen molar-refractivity contribution in [1.29, 1.82) is 0 Å². The Morgan fingerprint density at radius 1 is 0.897 bits per heavy atom. The molecule has 1 aliphatic rings. The van der Waals surface area contributed by atoms with Gasteiger partial charge in [0.25, 0.3) is 0 Å². The standard InChI is InChI=1S/C22H24N2O5/c25-20(28-15-17-8-3-1-4-9-17)14-23-21(26)19-12-7-13-24(19)22(27)29-16-18-10-5-2-6-11-18/h1-6,8-11,19H,7,12-16H2,(H,23,26)/t19-/m0/s1. The van der Waals surface area contributed by atoms with E-state index in [9.17, 15) is 14.4 Å². The molecule has 2 amide bonds. The third-order valence-electron chi connectivity index (χ3n) is 4.64. The van der Waals surface area contributed by atoms with Gasteiger partial charge in [-0.25, -0.2) is 4.79 Å². The van der Waals surface area contributed by atoms with Crippen molar-refractivity contribution in [2.45, 2.75) is 32.1 Å². The Balaban J connectivity index is 1.43. The molecule has 1 N–H and O–H groups in total. The summed E-state index contributed by atoms with van der Waals surface area (Å²) in [5, 5.41) is 2.56. The second kappa shape index (κ2) is 10.3. The normalized spacial score (nSPS) is 15.6. The van der Waals surface area contributed by atoms with Crippen LogP contribution in [0.15, 0.2) is 60.7 Å². The molecule has 0 saturated carbocycles. The Bertz CT molecular complexity index is 826. The SMILES string of the molecule is O=C(CNC(=O)[C@@H]1CCCN1C(=O)OCc1ccccc1)OCc1ccccc1. The van der Waals surface area contributed by atoms with Gasteiger partial charge >= 0.3 is 12.1 Å². The van der Waals surface area contributed by atoms with Crippen LogP contribution in [0, 0.1) is 0 Å². The first-order chi connectivity index (χ1) is 14.1. The van der Waals surface area contributed by atoms with Crippen LogP contribution in [0.1, 0.15) is 24.0 Å². The van der Waals surface area contributed by atoms with Crippen molar-refractivity contribution in [3.05, 3.63) is 71.8 Å². The van der Waals surface area contributed by atoms with Gasteiger partial charge in [0, 0.05) is 6.54 Å². The molecule has 7 heteroatoms. The number of hydrogen-bond acceptors (Lipinski definition) is 5. The molecule has 152 valence electrons. The second-order valence-electron chi connectivity index (χ2n) is 6.76. The average molecular weight is 396 g/mol. The fourth-order valence-electron chi connectivity index (χ4n) is 3.13. The highest BCUT2D eigenvalue weighted by Gasteiger charge is 2.35. The number of esters is 1. The summed E-state index contributed by atoms with van der Waals surface area (Å²) >= 11 is 0. The molecular formula is C22H24N2O5. The maximum Gasteiger partial charge on any atom is 0.410 e. The highest BCUT2D eigenvalue weighted by Crippen LogP contribution is 2.19. The van der Waals surface area contributed by atoms with Gasteiger partial charge in [0.2, 0.25) is 5.91 Å². The topological polar surface area (TPSA) is 84.9 Å². The first-order valence-corrected chi connectivity index (χ1v) is 9.58. The highest BCUT2D eigenvalue weighted by molar-refractivity contribution is 5.88. The fraction of sp³-hybridized carbons (Fsp3) is 0.318. The van der Waals surface area contributed by atoms with Crippen LogP contribution in [0.3, 0.4) is 0 Å². The van der Waals surface area contributed by atoms with Crippen molar-refractivity contribution in [3.63, 3.8) is 0 Å². The number of rotatable bonds is 7. The quantitative estimate of drug-likeness (QED) is 0.728. The van der Waals surface area contributed by atoms with E-state index in [2.05, 4.69) is 5.32 Å². The number of benzene rings is 2. The molecule has 0 bridgehead atoms. The zero-order valence-electron chi connectivity index (χ0n) is 16.1. The van der Waals surface area contributed by atoms with E-state index >= 15 is 0 Å². The summed E-state index contributed by atoms with van der Waals surface area (Å²) in [4.78, 5) is 38.1. The largest absolute Gasteiger partial charge is 0.460 e. The molecule has 0 unspecified atom stereocenters. The molecule has 0 radical (unpaired) electrons. The number of likely N-dealkylation sites (tertiary alicyclic amines) is 1. The van der Waals surface area contributed by atoms with Crippen molar-refractivity contribution < 1.29 is 23.9 Å². The zero-order chi connectivity index (χ0) is 20.5. The monoisotopic (exact) mass is 396 g/mol. The lowest BCUT2D eigenvalue weighted by atomic mass is 10.2. The minimum absolute atomic E-state index is 0.149. The number of ether oxygens (including phenoxy) is 2. The Kier molecular flexibility index (Phi) is 7.22. The van der Waals surface area contributed by atoms with Gasteiger partial charge in [-0.1, -0.05) is 60.7 Å². The summed E-state index contributed by atoms with van der Waals surface area (Å²) in [7, 11) is 0. The zero-order valence-corrected chi connectivity index (χ0v) is 16.1. The van der Waals surface area contributed by atoms with Crippen LogP contribution in [0.25, 0.3) is 0 Å². The number of carbonyl (C=O) groups is 3. The van der Waals surface area contributed by atoms with Crippen LogP contribution in [0.5, 0.6) is 0 Å². The van der Waals surface area contributed by atoms with Crippen LogP contribution in [0.4, 0.5) is 4.79 Å². The third kappa shape index (κ3) is 6.07. The summed E-state index contributed by atoms with van der Waals surface area (Å²) in [5.74, 6) is -0.908. The molecule has 2 aromatic carbocycles. The van der Waals surface area contributed by atoms with Gasteiger partial charge in [-0.2, -0.15) is 0 Å². The van der Waals surface area contributed by atoms with Gasteiger partial charge in [-0.05, 0) is 24.0 Å². The molecule has 7 nitrogen and oxygen atoms in total. The summed E-state index contributed by atoms with van der Waals surface area (Å²) in [6.07, 6.45) is 0.709. The van der Waals surface area contributed by atoms with Crippen molar-refractivity contribution >= 4 is 18.0 Å². The fourth-order valence-corrected chi connectivity index (χ4v) is 3.13.